The summed E-state index contributed by atoms with van der Waals surface area (Å²) in [6, 6.07) is 0.311. The van der Waals surface area contributed by atoms with Gasteiger partial charge in [0.05, 0.1) is 7.14 Å². The van der Waals surface area contributed by atoms with Gasteiger partial charge in [0.25, 0.3) is 0 Å². The van der Waals surface area contributed by atoms with Gasteiger partial charge >= 0.3 is 6.09 Å². The van der Waals surface area contributed by atoms with Gasteiger partial charge < -0.3 is 14.2 Å². The molecule has 2 heterocycles. The maximum atomic E-state index is 12.0. The van der Waals surface area contributed by atoms with E-state index in [1.54, 1.807) is 0 Å². The topological polar surface area (TPSA) is 46.6 Å². The van der Waals surface area contributed by atoms with Gasteiger partial charge in [0.15, 0.2) is 0 Å². The summed E-state index contributed by atoms with van der Waals surface area (Å²) in [4.78, 5) is 13.9. The third-order valence-electron chi connectivity index (χ3n) is 3.63. The van der Waals surface area contributed by atoms with Gasteiger partial charge in [-0.2, -0.15) is 0 Å². The highest BCUT2D eigenvalue weighted by molar-refractivity contribution is 7.62. The Labute approximate surface area is 109 Å². The molecular formula is C13H24NO3P. The van der Waals surface area contributed by atoms with Crippen molar-refractivity contribution in [3.63, 3.8) is 0 Å². The van der Waals surface area contributed by atoms with Crippen LogP contribution in [-0.4, -0.2) is 48.7 Å². The second-order valence-corrected chi connectivity index (χ2v) is 10.9. The summed E-state index contributed by atoms with van der Waals surface area (Å²) >= 11 is 0. The number of carbonyl (C=O) groups excluding carboxylic acids is 1. The minimum absolute atomic E-state index is 0.112. The first-order chi connectivity index (χ1) is 8.00. The summed E-state index contributed by atoms with van der Waals surface area (Å²) in [5, 5.41) is 0. The number of amides is 1. The molecule has 1 saturated carbocycles. The van der Waals surface area contributed by atoms with Gasteiger partial charge in [-0.15, -0.1) is 0 Å². The van der Waals surface area contributed by atoms with Gasteiger partial charge in [-0.25, -0.2) is 4.79 Å². The fourth-order valence-corrected chi connectivity index (χ4v) is 5.27. The molecule has 0 aromatic heterocycles. The predicted molar refractivity (Wildman–Crippen MR) is 72.7 cm³/mol. The SMILES string of the molecule is CC(C)(C)OC(=O)N1CC2(CP(C)(C)=O)CC1C2. The first kappa shape index (κ1) is 13.9. The molecule has 3 fully saturated rings. The van der Waals surface area contributed by atoms with Gasteiger partial charge in [0.1, 0.15) is 5.60 Å². The monoisotopic (exact) mass is 273 g/mol. The molecule has 5 heteroatoms. The van der Waals surface area contributed by atoms with Gasteiger partial charge in [0.2, 0.25) is 0 Å². The van der Waals surface area contributed by atoms with Crippen LogP contribution in [0.15, 0.2) is 0 Å². The Balaban J connectivity index is 1.97. The highest BCUT2D eigenvalue weighted by Gasteiger charge is 2.58. The van der Waals surface area contributed by atoms with E-state index in [2.05, 4.69) is 0 Å². The number of hydrogen-bond donors (Lipinski definition) is 0. The Morgan fingerprint density at radius 2 is 1.94 bits per heavy atom. The number of ether oxygens (including phenoxy) is 1. The maximum Gasteiger partial charge on any atom is 0.410 e. The van der Waals surface area contributed by atoms with E-state index in [1.807, 2.05) is 39.0 Å². The molecule has 18 heavy (non-hydrogen) atoms. The molecule has 0 unspecified atom stereocenters. The Morgan fingerprint density at radius 1 is 1.39 bits per heavy atom. The summed E-state index contributed by atoms with van der Waals surface area (Å²) < 4.78 is 17.4. The zero-order chi connectivity index (χ0) is 13.8. The van der Waals surface area contributed by atoms with Gasteiger partial charge in [0, 0.05) is 18.7 Å². The van der Waals surface area contributed by atoms with E-state index in [0.717, 1.165) is 25.5 Å². The normalized spacial score (nSPS) is 31.2. The fourth-order valence-electron chi connectivity index (χ4n) is 3.30. The van der Waals surface area contributed by atoms with Gasteiger partial charge in [-0.3, -0.25) is 0 Å². The molecule has 104 valence electrons. The highest BCUT2D eigenvalue weighted by atomic mass is 31.2. The molecule has 0 N–H and O–H groups in total. The Bertz CT molecular complexity index is 401. The number of nitrogens with zero attached hydrogens (tertiary/aromatic N) is 1. The number of hydrogen-bond acceptors (Lipinski definition) is 3. The molecule has 0 aromatic rings. The smallest absolute Gasteiger partial charge is 0.410 e. The van der Waals surface area contributed by atoms with Crippen molar-refractivity contribution in [2.24, 2.45) is 5.41 Å². The molecule has 0 radical (unpaired) electrons. The molecule has 0 aromatic carbocycles. The fraction of sp³-hybridized carbons (Fsp3) is 0.923. The third-order valence-corrected chi connectivity index (χ3v) is 5.06. The molecule has 3 aliphatic rings. The van der Waals surface area contributed by atoms with E-state index in [-0.39, 0.29) is 11.5 Å². The Morgan fingerprint density at radius 3 is 2.39 bits per heavy atom. The summed E-state index contributed by atoms with van der Waals surface area (Å²) in [5.41, 5.74) is -0.331. The zero-order valence-corrected chi connectivity index (χ0v) is 12.9. The Hall–Kier alpha value is -0.500. The largest absolute Gasteiger partial charge is 0.444 e. The van der Waals surface area contributed by atoms with Crippen LogP contribution < -0.4 is 0 Å². The van der Waals surface area contributed by atoms with Crippen molar-refractivity contribution >= 4 is 13.2 Å². The maximum absolute atomic E-state index is 12.0. The van der Waals surface area contributed by atoms with Crippen LogP contribution in [0.5, 0.6) is 0 Å². The summed E-state index contributed by atoms with van der Waals surface area (Å²) in [5.74, 6) is 0. The van der Waals surface area contributed by atoms with Crippen LogP contribution in [0.4, 0.5) is 4.79 Å². The van der Waals surface area contributed by atoms with Crippen molar-refractivity contribution in [2.45, 2.75) is 45.3 Å². The lowest BCUT2D eigenvalue weighted by molar-refractivity contribution is 0.0245. The average molecular weight is 273 g/mol. The molecule has 1 aliphatic carbocycles. The molecule has 2 saturated heterocycles. The lowest BCUT2D eigenvalue weighted by Gasteiger charge is -2.37. The second-order valence-electron chi connectivity index (χ2n) is 7.40. The lowest BCUT2D eigenvalue weighted by Crippen LogP contribution is -2.40. The molecule has 2 aliphatic heterocycles. The molecule has 2 bridgehead atoms. The summed E-state index contributed by atoms with van der Waals surface area (Å²) in [7, 11) is -2.02. The van der Waals surface area contributed by atoms with E-state index in [4.69, 9.17) is 4.74 Å². The summed E-state index contributed by atoms with van der Waals surface area (Å²) in [6.07, 6.45) is 2.54. The predicted octanol–water partition coefficient (Wildman–Crippen LogP) is 3.01. The molecule has 4 nitrogen and oxygen atoms in total. The van der Waals surface area contributed by atoms with Crippen LogP contribution in [0.25, 0.3) is 0 Å². The van der Waals surface area contributed by atoms with Gasteiger partial charge in [-0.1, -0.05) is 0 Å². The van der Waals surface area contributed by atoms with Crippen molar-refractivity contribution in [2.75, 3.05) is 26.0 Å². The first-order valence-corrected chi connectivity index (χ1v) is 9.32. The van der Waals surface area contributed by atoms with Crippen LogP contribution in [0.1, 0.15) is 33.6 Å². The molecular weight excluding hydrogens is 249 g/mol. The minimum atomic E-state index is -2.02. The molecule has 0 atom stereocenters. The highest BCUT2D eigenvalue weighted by Crippen LogP contribution is 2.58. The standard InChI is InChI=1S/C13H24NO3P/c1-12(2,3)17-11(15)14-8-13(6-10(14)7-13)9-18(4,5)16/h10H,6-9H2,1-5H3. The lowest BCUT2D eigenvalue weighted by atomic mass is 9.72. The quantitative estimate of drug-likeness (QED) is 0.727. The molecule has 3 rings (SSSR count). The molecule has 1 amide bonds. The number of carbonyl (C=O) groups is 1. The Kier molecular flexibility index (Phi) is 3.09. The van der Waals surface area contributed by atoms with Crippen LogP contribution in [0.2, 0.25) is 0 Å². The van der Waals surface area contributed by atoms with E-state index in [0.29, 0.717) is 6.04 Å². The van der Waals surface area contributed by atoms with Crippen LogP contribution in [0.3, 0.4) is 0 Å². The van der Waals surface area contributed by atoms with Crippen LogP contribution >= 0.6 is 7.14 Å². The van der Waals surface area contributed by atoms with Crippen molar-refractivity contribution in [3.8, 4) is 0 Å². The number of fused-ring (bicyclic) bond motifs is 1. The van der Waals surface area contributed by atoms with Crippen molar-refractivity contribution in [1.82, 2.24) is 4.90 Å². The average Bonchev–Trinajstić information content (AvgIpc) is 2.50. The van der Waals surface area contributed by atoms with Crippen molar-refractivity contribution in [3.05, 3.63) is 0 Å². The van der Waals surface area contributed by atoms with E-state index in [1.165, 1.54) is 0 Å². The molecule has 0 spiro atoms. The first-order valence-electron chi connectivity index (χ1n) is 6.53. The van der Waals surface area contributed by atoms with Crippen molar-refractivity contribution < 1.29 is 14.1 Å². The minimum Gasteiger partial charge on any atom is -0.444 e. The third kappa shape index (κ3) is 2.90. The van der Waals surface area contributed by atoms with E-state index >= 15 is 0 Å². The number of rotatable bonds is 2. The van der Waals surface area contributed by atoms with Crippen LogP contribution in [-0.2, 0) is 9.30 Å². The second kappa shape index (κ2) is 4.00. The van der Waals surface area contributed by atoms with E-state index in [9.17, 15) is 9.36 Å². The van der Waals surface area contributed by atoms with Gasteiger partial charge in [-0.05, 0) is 52.4 Å². The van der Waals surface area contributed by atoms with Crippen LogP contribution in [0, 0.1) is 5.41 Å². The zero-order valence-electron chi connectivity index (χ0n) is 12.0. The summed E-state index contributed by atoms with van der Waals surface area (Å²) in [6.45, 7) is 10.0. The van der Waals surface area contributed by atoms with Crippen molar-refractivity contribution in [1.29, 1.82) is 0 Å². The van der Waals surface area contributed by atoms with E-state index < -0.39 is 12.7 Å².